The molecule has 0 aromatic carbocycles. The number of anilines is 1. The number of hydrogen-bond acceptors (Lipinski definition) is 5. The molecular formula is C16H29N3S2. The zero-order chi connectivity index (χ0) is 14.8. The molecule has 3 nitrogen and oxygen atoms in total. The van der Waals surface area contributed by atoms with Gasteiger partial charge >= 0.3 is 0 Å². The van der Waals surface area contributed by atoms with Crippen LogP contribution in [0, 0.1) is 0 Å². The second-order valence-electron chi connectivity index (χ2n) is 5.84. The highest BCUT2D eigenvalue weighted by atomic mass is 32.1. The molecule has 1 fully saturated rings. The summed E-state index contributed by atoms with van der Waals surface area (Å²) in [7, 11) is 0. The molecule has 21 heavy (non-hydrogen) atoms. The highest BCUT2D eigenvalue weighted by Gasteiger charge is 2.17. The van der Waals surface area contributed by atoms with Crippen LogP contribution >= 0.6 is 24.0 Å². The third kappa shape index (κ3) is 6.57. The number of piperazine rings is 1. The highest BCUT2D eigenvalue weighted by molar-refractivity contribution is 7.80. The Balaban J connectivity index is 1.46. The number of nitrogens with zero attached hydrogens (tertiary/aromatic N) is 3. The van der Waals surface area contributed by atoms with E-state index < -0.39 is 0 Å². The Hall–Kier alpha value is -0.260. The van der Waals surface area contributed by atoms with E-state index in [1.54, 1.807) is 11.3 Å². The molecule has 1 saturated heterocycles. The number of aromatic nitrogens is 1. The van der Waals surface area contributed by atoms with E-state index in [-0.39, 0.29) is 0 Å². The molecule has 0 N–H and O–H groups in total. The minimum atomic E-state index is 1.05. The monoisotopic (exact) mass is 327 g/mol. The maximum Gasteiger partial charge on any atom is 0.185 e. The summed E-state index contributed by atoms with van der Waals surface area (Å²) in [4.78, 5) is 9.44. The Morgan fingerprint density at radius 2 is 1.62 bits per heavy atom. The maximum absolute atomic E-state index is 4.40. The molecule has 0 aliphatic carbocycles. The van der Waals surface area contributed by atoms with Gasteiger partial charge in [0.2, 0.25) is 0 Å². The molecule has 1 aromatic rings. The largest absolute Gasteiger partial charge is 0.346 e. The van der Waals surface area contributed by atoms with Crippen molar-refractivity contribution in [1.29, 1.82) is 0 Å². The van der Waals surface area contributed by atoms with Crippen molar-refractivity contribution in [3.05, 3.63) is 11.6 Å². The average molecular weight is 328 g/mol. The van der Waals surface area contributed by atoms with Crippen LogP contribution in [0.1, 0.15) is 44.9 Å². The van der Waals surface area contributed by atoms with Crippen molar-refractivity contribution in [3.63, 3.8) is 0 Å². The Morgan fingerprint density at radius 1 is 0.952 bits per heavy atom. The molecule has 2 heterocycles. The molecular weight excluding hydrogens is 298 g/mol. The second kappa shape index (κ2) is 10.5. The molecule has 1 aliphatic heterocycles. The van der Waals surface area contributed by atoms with Crippen LogP contribution in [0.3, 0.4) is 0 Å². The summed E-state index contributed by atoms with van der Waals surface area (Å²) in [6, 6.07) is 0. The normalized spacial score (nSPS) is 16.5. The van der Waals surface area contributed by atoms with Gasteiger partial charge in [-0.1, -0.05) is 32.1 Å². The Kier molecular flexibility index (Phi) is 8.52. The van der Waals surface area contributed by atoms with Crippen LogP contribution in [0.5, 0.6) is 0 Å². The lowest BCUT2D eigenvalue weighted by atomic mass is 10.1. The summed E-state index contributed by atoms with van der Waals surface area (Å²) in [5.41, 5.74) is 0. The van der Waals surface area contributed by atoms with Gasteiger partial charge in [0, 0.05) is 37.8 Å². The van der Waals surface area contributed by atoms with Crippen molar-refractivity contribution >= 4 is 29.1 Å². The summed E-state index contributed by atoms with van der Waals surface area (Å²) < 4.78 is 0. The van der Waals surface area contributed by atoms with Gasteiger partial charge in [0.05, 0.1) is 0 Å². The molecule has 120 valence electrons. The standard InChI is InChI=1S/C16H29N3S2/c20-14-7-5-3-1-2-4-6-9-18-10-12-19(13-11-18)16-17-8-15-21-16/h8,15,20H,1-7,9-14H2. The lowest BCUT2D eigenvalue weighted by molar-refractivity contribution is 0.252. The molecule has 0 atom stereocenters. The molecule has 0 saturated carbocycles. The van der Waals surface area contributed by atoms with Gasteiger partial charge in [0.15, 0.2) is 5.13 Å². The second-order valence-corrected chi connectivity index (χ2v) is 7.16. The fraction of sp³-hybridized carbons (Fsp3) is 0.812. The van der Waals surface area contributed by atoms with Crippen molar-refractivity contribution in [1.82, 2.24) is 9.88 Å². The van der Waals surface area contributed by atoms with Crippen molar-refractivity contribution in [2.45, 2.75) is 44.9 Å². The summed E-state index contributed by atoms with van der Waals surface area (Å²) >= 11 is 6.01. The minimum Gasteiger partial charge on any atom is -0.346 e. The van der Waals surface area contributed by atoms with Gasteiger partial charge in [0.25, 0.3) is 0 Å². The van der Waals surface area contributed by atoms with Crippen molar-refractivity contribution in [3.8, 4) is 0 Å². The van der Waals surface area contributed by atoms with Crippen LogP contribution in [0.4, 0.5) is 5.13 Å². The molecule has 0 radical (unpaired) electrons. The first kappa shape index (κ1) is 17.1. The van der Waals surface area contributed by atoms with Gasteiger partial charge in [-0.25, -0.2) is 4.98 Å². The fourth-order valence-corrected chi connectivity index (χ4v) is 3.79. The first-order chi connectivity index (χ1) is 10.4. The number of thiazole rings is 1. The van der Waals surface area contributed by atoms with E-state index in [1.807, 2.05) is 6.20 Å². The molecule has 1 aromatic heterocycles. The van der Waals surface area contributed by atoms with Gasteiger partial charge in [-0.05, 0) is 25.1 Å². The lowest BCUT2D eigenvalue weighted by Gasteiger charge is -2.34. The molecule has 0 unspecified atom stereocenters. The van der Waals surface area contributed by atoms with Crippen LogP contribution < -0.4 is 4.90 Å². The number of unbranched alkanes of at least 4 members (excludes halogenated alkanes) is 6. The Bertz CT molecular complexity index is 348. The van der Waals surface area contributed by atoms with Crippen molar-refractivity contribution in [2.75, 3.05) is 43.4 Å². The quantitative estimate of drug-likeness (QED) is 0.519. The SMILES string of the molecule is SCCCCCCCCCN1CCN(c2nccs2)CC1. The lowest BCUT2D eigenvalue weighted by Crippen LogP contribution is -2.46. The smallest absolute Gasteiger partial charge is 0.185 e. The summed E-state index contributed by atoms with van der Waals surface area (Å²) in [5, 5.41) is 3.26. The topological polar surface area (TPSA) is 19.4 Å². The van der Waals surface area contributed by atoms with Crippen molar-refractivity contribution in [2.24, 2.45) is 0 Å². The molecule has 2 rings (SSSR count). The van der Waals surface area contributed by atoms with E-state index in [4.69, 9.17) is 0 Å². The molecule has 1 aliphatic rings. The first-order valence-corrected chi connectivity index (χ1v) is 9.89. The third-order valence-electron chi connectivity index (χ3n) is 4.19. The van der Waals surface area contributed by atoms with Gasteiger partial charge in [-0.15, -0.1) is 11.3 Å². The molecule has 0 amide bonds. The highest BCUT2D eigenvalue weighted by Crippen LogP contribution is 2.19. The van der Waals surface area contributed by atoms with E-state index in [9.17, 15) is 0 Å². The predicted molar refractivity (Wildman–Crippen MR) is 96.9 cm³/mol. The summed E-state index contributed by atoms with van der Waals surface area (Å²) in [5.74, 6) is 1.05. The maximum atomic E-state index is 4.40. The summed E-state index contributed by atoms with van der Waals surface area (Å²) in [6.07, 6.45) is 11.5. The van der Waals surface area contributed by atoms with E-state index >= 15 is 0 Å². The van der Waals surface area contributed by atoms with Gasteiger partial charge < -0.3 is 4.90 Å². The van der Waals surface area contributed by atoms with Gasteiger partial charge in [-0.3, -0.25) is 4.90 Å². The van der Waals surface area contributed by atoms with Crippen LogP contribution in [0.2, 0.25) is 0 Å². The first-order valence-electron chi connectivity index (χ1n) is 8.38. The predicted octanol–water partition coefficient (Wildman–Crippen LogP) is 3.93. The van der Waals surface area contributed by atoms with E-state index in [1.165, 1.54) is 69.7 Å². The zero-order valence-corrected chi connectivity index (χ0v) is 14.8. The summed E-state index contributed by atoms with van der Waals surface area (Å²) in [6.45, 7) is 5.94. The van der Waals surface area contributed by atoms with Crippen LogP contribution in [0.15, 0.2) is 11.6 Å². The third-order valence-corrected chi connectivity index (χ3v) is 5.34. The number of rotatable bonds is 10. The molecule has 5 heteroatoms. The van der Waals surface area contributed by atoms with Gasteiger partial charge in [0.1, 0.15) is 0 Å². The van der Waals surface area contributed by atoms with E-state index in [0.29, 0.717) is 0 Å². The van der Waals surface area contributed by atoms with Crippen LogP contribution in [-0.4, -0.2) is 48.4 Å². The molecule has 0 spiro atoms. The number of thiol groups is 1. The van der Waals surface area contributed by atoms with Crippen LogP contribution in [0.25, 0.3) is 0 Å². The fourth-order valence-electron chi connectivity index (χ4n) is 2.87. The van der Waals surface area contributed by atoms with Crippen molar-refractivity contribution < 1.29 is 0 Å². The van der Waals surface area contributed by atoms with E-state index in [0.717, 1.165) is 18.8 Å². The minimum absolute atomic E-state index is 1.05. The Labute approximate surface area is 139 Å². The zero-order valence-electron chi connectivity index (χ0n) is 13.0. The average Bonchev–Trinajstić information content (AvgIpc) is 3.05. The number of hydrogen-bond donors (Lipinski definition) is 1. The van der Waals surface area contributed by atoms with Gasteiger partial charge in [-0.2, -0.15) is 12.6 Å². The van der Waals surface area contributed by atoms with Crippen LogP contribution in [-0.2, 0) is 0 Å². The molecule has 0 bridgehead atoms. The Morgan fingerprint density at radius 3 is 2.24 bits per heavy atom. The van der Waals surface area contributed by atoms with E-state index in [2.05, 4.69) is 32.8 Å².